The van der Waals surface area contributed by atoms with E-state index >= 15 is 0 Å². The molecule has 4 N–H and O–H groups in total. The Kier molecular flexibility index (Phi) is 0.588. The van der Waals surface area contributed by atoms with Crippen LogP contribution in [0.2, 0.25) is 0 Å². The van der Waals surface area contributed by atoms with Gasteiger partial charge in [0.1, 0.15) is 0 Å². The van der Waals surface area contributed by atoms with Crippen LogP contribution in [0.5, 0.6) is 0 Å². The largest absolute Gasteiger partial charge is 0.365 e. The summed E-state index contributed by atoms with van der Waals surface area (Å²) in [5.74, 6) is 5.02. The Morgan fingerprint density at radius 1 is 1.57 bits per heavy atom. The Morgan fingerprint density at radius 2 is 2.29 bits per heavy atom. The Morgan fingerprint density at radius 3 is 2.43 bits per heavy atom. The van der Waals surface area contributed by atoms with Gasteiger partial charge >= 0.3 is 0 Å². The van der Waals surface area contributed by atoms with E-state index in [-0.39, 0.29) is 5.95 Å². The van der Waals surface area contributed by atoms with Crippen molar-refractivity contribution in [2.45, 2.75) is 0 Å². The summed E-state index contributed by atoms with van der Waals surface area (Å²) in [6.45, 7) is 0. The first kappa shape index (κ1) is 3.85. The molecule has 0 aliphatic carbocycles. The van der Waals surface area contributed by atoms with Gasteiger partial charge in [0.25, 0.3) is 5.95 Å². The van der Waals surface area contributed by atoms with Gasteiger partial charge in [-0.05, 0) is 5.21 Å². The fraction of sp³-hybridized carbons (Fsp3) is 0. The highest BCUT2D eigenvalue weighted by Gasteiger charge is 1.86. The number of nitrogen functional groups attached to an aromatic ring is 2. The molecule has 0 aromatic carbocycles. The predicted octanol–water partition coefficient (Wildman–Crippen LogP) is -2.03. The molecule has 1 aromatic heterocycles. The smallest absolute Gasteiger partial charge is 0.263 e. The maximum Gasteiger partial charge on any atom is 0.263 e. The zero-order valence-corrected chi connectivity index (χ0v) is 3.44. The maximum absolute atomic E-state index is 4.99. The van der Waals surface area contributed by atoms with E-state index in [4.69, 9.17) is 11.6 Å². The molecular formula is CH4N6. The number of anilines is 1. The number of nitrogens with two attached hydrogens (primary N) is 2. The fourth-order valence-corrected chi connectivity index (χ4v) is 0.237. The van der Waals surface area contributed by atoms with E-state index in [0.717, 1.165) is 4.91 Å². The molecule has 0 fully saturated rings. The third-order valence-corrected chi connectivity index (χ3v) is 0.444. The van der Waals surface area contributed by atoms with Crippen molar-refractivity contribution in [3.05, 3.63) is 0 Å². The van der Waals surface area contributed by atoms with Gasteiger partial charge in [-0.15, -0.1) is 0 Å². The molecule has 0 aliphatic heterocycles. The predicted molar refractivity (Wildman–Crippen MR) is 22.4 cm³/mol. The van der Waals surface area contributed by atoms with Crippen molar-refractivity contribution in [3.8, 4) is 0 Å². The molecule has 1 aromatic rings. The molecule has 0 radical (unpaired) electrons. The van der Waals surface area contributed by atoms with Crippen LogP contribution < -0.4 is 11.6 Å². The zero-order valence-electron chi connectivity index (χ0n) is 3.44. The quantitative estimate of drug-likeness (QED) is 0.366. The van der Waals surface area contributed by atoms with Crippen LogP contribution in [0.25, 0.3) is 0 Å². The molecule has 0 bridgehead atoms. The second kappa shape index (κ2) is 1.07. The van der Waals surface area contributed by atoms with Crippen molar-refractivity contribution in [2.24, 2.45) is 0 Å². The normalized spacial score (nSPS) is 9.14. The van der Waals surface area contributed by atoms with E-state index < -0.39 is 0 Å². The lowest BCUT2D eigenvalue weighted by Gasteiger charge is -1.74. The summed E-state index contributed by atoms with van der Waals surface area (Å²) in [6, 6.07) is 0. The number of nitrogens with zero attached hydrogens (tertiary/aromatic N) is 4. The highest BCUT2D eigenvalue weighted by molar-refractivity contribution is 5.06. The minimum atomic E-state index is 0.0856. The van der Waals surface area contributed by atoms with Crippen LogP contribution in [-0.2, 0) is 0 Å². The molecule has 0 amide bonds. The first-order valence-corrected chi connectivity index (χ1v) is 1.59. The van der Waals surface area contributed by atoms with Crippen LogP contribution in [0, 0.1) is 0 Å². The summed E-state index contributed by atoms with van der Waals surface area (Å²) < 4.78 is 0. The Hall–Kier alpha value is -1.33. The lowest BCUT2D eigenvalue weighted by molar-refractivity contribution is 0.680. The topological polar surface area (TPSA) is 95.6 Å². The molecule has 7 heavy (non-hydrogen) atoms. The van der Waals surface area contributed by atoms with Crippen molar-refractivity contribution in [2.75, 3.05) is 11.6 Å². The highest BCUT2D eigenvalue weighted by Crippen LogP contribution is 1.75. The number of aromatic nitrogens is 4. The first-order valence-electron chi connectivity index (χ1n) is 1.59. The Bertz CT molecular complexity index is 136. The van der Waals surface area contributed by atoms with Crippen molar-refractivity contribution in [3.63, 3.8) is 0 Å². The summed E-state index contributed by atoms with van der Waals surface area (Å²) in [5, 5.41) is 9.86. The number of hydrogen-bond donors (Lipinski definition) is 2. The second-order valence-corrected chi connectivity index (χ2v) is 0.968. The number of tetrazole rings is 1. The lowest BCUT2D eigenvalue weighted by atomic mass is 11.2. The van der Waals surface area contributed by atoms with E-state index in [2.05, 4.69) is 15.4 Å². The average Bonchev–Trinajstić information content (AvgIpc) is 1.87. The molecule has 0 saturated carbocycles. The van der Waals surface area contributed by atoms with Gasteiger partial charge in [-0.3, -0.25) is 0 Å². The van der Waals surface area contributed by atoms with Gasteiger partial charge in [-0.2, -0.15) is 0 Å². The monoisotopic (exact) mass is 100 g/mol. The minimum absolute atomic E-state index is 0.0856. The SMILES string of the molecule is Nc1nnn(N)n1. The molecule has 1 heterocycles. The number of rotatable bonds is 0. The van der Waals surface area contributed by atoms with E-state index in [0.29, 0.717) is 0 Å². The molecule has 0 saturated heterocycles. The van der Waals surface area contributed by atoms with Crippen LogP contribution >= 0.6 is 0 Å². The molecule has 0 unspecified atom stereocenters. The molecule has 38 valence electrons. The first-order chi connectivity index (χ1) is 3.29. The van der Waals surface area contributed by atoms with Gasteiger partial charge in [-0.25, -0.2) is 0 Å². The van der Waals surface area contributed by atoms with Gasteiger partial charge in [0.15, 0.2) is 0 Å². The summed E-state index contributed by atoms with van der Waals surface area (Å²) in [4.78, 5) is 0.801. The molecule has 6 nitrogen and oxygen atoms in total. The third-order valence-electron chi connectivity index (χ3n) is 0.444. The third kappa shape index (κ3) is 0.566. The molecule has 6 heteroatoms. The van der Waals surface area contributed by atoms with E-state index in [1.54, 1.807) is 0 Å². The van der Waals surface area contributed by atoms with Gasteiger partial charge in [-0.1, -0.05) is 15.1 Å². The highest BCUT2D eigenvalue weighted by atomic mass is 15.7. The zero-order chi connectivity index (χ0) is 5.28. The lowest BCUT2D eigenvalue weighted by Crippen LogP contribution is -2.11. The Labute approximate surface area is 39.1 Å². The molecule has 0 atom stereocenters. The van der Waals surface area contributed by atoms with Crippen molar-refractivity contribution in [1.82, 2.24) is 20.3 Å². The van der Waals surface area contributed by atoms with Crippen molar-refractivity contribution < 1.29 is 0 Å². The van der Waals surface area contributed by atoms with E-state index in [1.807, 2.05) is 0 Å². The van der Waals surface area contributed by atoms with Crippen LogP contribution in [0.15, 0.2) is 0 Å². The van der Waals surface area contributed by atoms with Crippen LogP contribution in [0.4, 0.5) is 5.95 Å². The minimum Gasteiger partial charge on any atom is -0.365 e. The standard InChI is InChI=1S/CH4N6/c2-1-4-6-7(3)5-1/h3H2,(H2,2,5). The fourth-order valence-electron chi connectivity index (χ4n) is 0.237. The summed E-state index contributed by atoms with van der Waals surface area (Å²) in [7, 11) is 0. The Balaban J connectivity index is 3.04. The van der Waals surface area contributed by atoms with Crippen molar-refractivity contribution in [1.29, 1.82) is 0 Å². The van der Waals surface area contributed by atoms with Gasteiger partial charge in [0, 0.05) is 0 Å². The average molecular weight is 100 g/mol. The number of hydrogen-bond acceptors (Lipinski definition) is 5. The van der Waals surface area contributed by atoms with Gasteiger partial charge in [0.2, 0.25) is 0 Å². The second-order valence-electron chi connectivity index (χ2n) is 0.968. The molecule has 1 rings (SSSR count). The van der Waals surface area contributed by atoms with E-state index in [9.17, 15) is 0 Å². The molecule has 0 spiro atoms. The summed E-state index contributed by atoms with van der Waals surface area (Å²) >= 11 is 0. The van der Waals surface area contributed by atoms with Crippen LogP contribution in [-0.4, -0.2) is 20.3 Å². The van der Waals surface area contributed by atoms with Crippen LogP contribution in [0.3, 0.4) is 0 Å². The summed E-state index contributed by atoms with van der Waals surface area (Å²) in [5.41, 5.74) is 4.99. The molecule has 0 aliphatic rings. The van der Waals surface area contributed by atoms with Gasteiger partial charge < -0.3 is 11.6 Å². The maximum atomic E-state index is 4.99. The van der Waals surface area contributed by atoms with Gasteiger partial charge in [0.05, 0.1) is 0 Å². The van der Waals surface area contributed by atoms with Crippen LogP contribution in [0.1, 0.15) is 0 Å². The summed E-state index contributed by atoms with van der Waals surface area (Å²) in [6.07, 6.45) is 0. The molecular weight excluding hydrogens is 96.1 g/mol. The van der Waals surface area contributed by atoms with Crippen molar-refractivity contribution >= 4 is 5.95 Å². The van der Waals surface area contributed by atoms with E-state index in [1.165, 1.54) is 0 Å².